The van der Waals surface area contributed by atoms with Crippen LogP contribution in [0.2, 0.25) is 0 Å². The highest BCUT2D eigenvalue weighted by Crippen LogP contribution is 2.34. The van der Waals surface area contributed by atoms with Crippen molar-refractivity contribution < 1.29 is 19.0 Å². The number of imidazole rings is 1. The maximum Gasteiger partial charge on any atom is 0.324 e. The van der Waals surface area contributed by atoms with Crippen LogP contribution in [0.5, 0.6) is 5.75 Å². The third kappa shape index (κ3) is 3.88. The maximum absolute atomic E-state index is 13.3. The number of methoxy groups -OCH3 is 1. The summed E-state index contributed by atoms with van der Waals surface area (Å²) in [6, 6.07) is 9.54. The van der Waals surface area contributed by atoms with Gasteiger partial charge in [0.05, 0.1) is 12.7 Å². The quantitative estimate of drug-likeness (QED) is 0.627. The lowest BCUT2D eigenvalue weighted by molar-refractivity contribution is 0.00569. The number of carbonyl (C=O) groups excluding carboxylic acids is 1. The molecule has 1 fully saturated rings. The van der Waals surface area contributed by atoms with Crippen molar-refractivity contribution in [2.24, 2.45) is 0 Å². The van der Waals surface area contributed by atoms with Crippen LogP contribution in [0.25, 0.3) is 22.2 Å². The van der Waals surface area contributed by atoms with Crippen molar-refractivity contribution in [1.82, 2.24) is 14.9 Å². The zero-order valence-electron chi connectivity index (χ0n) is 16.3. The van der Waals surface area contributed by atoms with Gasteiger partial charge >= 0.3 is 6.03 Å². The first kappa shape index (κ1) is 19.2. The number of amides is 2. The van der Waals surface area contributed by atoms with E-state index in [2.05, 4.69) is 15.3 Å². The van der Waals surface area contributed by atoms with Gasteiger partial charge in [0.15, 0.2) is 0 Å². The van der Waals surface area contributed by atoms with Gasteiger partial charge in [-0.3, -0.25) is 5.32 Å². The molecule has 1 aromatic heterocycles. The normalized spacial score (nSPS) is 16.1. The van der Waals surface area contributed by atoms with E-state index in [-0.39, 0.29) is 11.8 Å². The molecule has 0 spiro atoms. The van der Waals surface area contributed by atoms with Gasteiger partial charge in [-0.1, -0.05) is 12.1 Å². The number of rotatable bonds is 3. The number of aliphatic hydroxyl groups is 1. The summed E-state index contributed by atoms with van der Waals surface area (Å²) in [4.78, 5) is 21.9. The summed E-state index contributed by atoms with van der Waals surface area (Å²) in [6.07, 6.45) is 1.06. The van der Waals surface area contributed by atoms with Crippen molar-refractivity contribution in [2.75, 3.05) is 25.5 Å². The number of ether oxygens (including phenoxy) is 1. The largest absolute Gasteiger partial charge is 0.494 e. The van der Waals surface area contributed by atoms with Gasteiger partial charge in [-0.05, 0) is 49.6 Å². The number of urea groups is 1. The minimum Gasteiger partial charge on any atom is -0.494 e. The van der Waals surface area contributed by atoms with E-state index in [9.17, 15) is 14.3 Å². The number of H-pyrrole nitrogens is 1. The molecular formula is C21H23FN4O3. The van der Waals surface area contributed by atoms with E-state index in [1.54, 1.807) is 37.1 Å². The SMILES string of the molecule is COc1ccc(-c2ccc(F)cc2)c2nc(NC(=O)N3CCC(C)(O)CC3)[nH]c12. The van der Waals surface area contributed by atoms with Crippen molar-refractivity contribution in [2.45, 2.75) is 25.4 Å². The Labute approximate surface area is 167 Å². The highest BCUT2D eigenvalue weighted by Gasteiger charge is 2.30. The number of fused-ring (bicyclic) bond motifs is 1. The molecule has 0 bridgehead atoms. The lowest BCUT2D eigenvalue weighted by atomic mass is 9.94. The second-order valence-electron chi connectivity index (χ2n) is 7.55. The summed E-state index contributed by atoms with van der Waals surface area (Å²) >= 11 is 0. The number of aromatic amines is 1. The molecular weight excluding hydrogens is 375 g/mol. The molecule has 152 valence electrons. The van der Waals surface area contributed by atoms with Crippen LogP contribution in [-0.2, 0) is 0 Å². The fraction of sp³-hybridized carbons (Fsp3) is 0.333. The molecule has 8 heteroatoms. The monoisotopic (exact) mass is 398 g/mol. The molecule has 1 aliphatic heterocycles. The van der Waals surface area contributed by atoms with Gasteiger partial charge in [-0.2, -0.15) is 0 Å². The highest BCUT2D eigenvalue weighted by atomic mass is 19.1. The lowest BCUT2D eigenvalue weighted by Gasteiger charge is -2.35. The average molecular weight is 398 g/mol. The molecule has 7 nitrogen and oxygen atoms in total. The van der Waals surface area contributed by atoms with Crippen LogP contribution in [0, 0.1) is 5.82 Å². The van der Waals surface area contributed by atoms with Crippen LogP contribution < -0.4 is 10.1 Å². The first-order valence-electron chi connectivity index (χ1n) is 9.47. The molecule has 1 saturated heterocycles. The topological polar surface area (TPSA) is 90.5 Å². The Morgan fingerprint density at radius 1 is 1.24 bits per heavy atom. The molecule has 0 aliphatic carbocycles. The molecule has 29 heavy (non-hydrogen) atoms. The van der Waals surface area contributed by atoms with E-state index in [1.165, 1.54) is 12.1 Å². The Morgan fingerprint density at radius 2 is 1.93 bits per heavy atom. The molecule has 2 heterocycles. The molecule has 2 aromatic carbocycles. The predicted octanol–water partition coefficient (Wildman–Crippen LogP) is 3.76. The third-order valence-electron chi connectivity index (χ3n) is 5.33. The number of aromatic nitrogens is 2. The summed E-state index contributed by atoms with van der Waals surface area (Å²) in [6.45, 7) is 2.73. The van der Waals surface area contributed by atoms with Crippen LogP contribution in [0.15, 0.2) is 36.4 Å². The number of nitrogens with zero attached hydrogens (tertiary/aromatic N) is 2. The van der Waals surface area contributed by atoms with E-state index in [4.69, 9.17) is 4.74 Å². The average Bonchev–Trinajstić information content (AvgIpc) is 3.11. The Bertz CT molecular complexity index is 1040. The molecule has 3 N–H and O–H groups in total. The van der Waals surface area contributed by atoms with E-state index in [0.29, 0.717) is 48.7 Å². The fourth-order valence-corrected chi connectivity index (χ4v) is 3.53. The molecule has 2 amide bonds. The Morgan fingerprint density at radius 3 is 2.59 bits per heavy atom. The number of carbonyl (C=O) groups is 1. The number of likely N-dealkylation sites (tertiary alicyclic amines) is 1. The first-order valence-corrected chi connectivity index (χ1v) is 9.47. The summed E-state index contributed by atoms with van der Waals surface area (Å²) in [5.74, 6) is 0.581. The van der Waals surface area contributed by atoms with Gasteiger partial charge in [0.1, 0.15) is 22.6 Å². The van der Waals surface area contributed by atoms with Gasteiger partial charge in [0.2, 0.25) is 5.95 Å². The molecule has 0 saturated carbocycles. The van der Waals surface area contributed by atoms with Crippen molar-refractivity contribution in [3.63, 3.8) is 0 Å². The molecule has 0 unspecified atom stereocenters. The van der Waals surface area contributed by atoms with Gasteiger partial charge in [0, 0.05) is 18.7 Å². The number of benzene rings is 2. The number of hydrogen-bond acceptors (Lipinski definition) is 4. The molecule has 0 radical (unpaired) electrons. The van der Waals surface area contributed by atoms with Gasteiger partial charge in [-0.25, -0.2) is 14.2 Å². The predicted molar refractivity (Wildman–Crippen MR) is 108 cm³/mol. The summed E-state index contributed by atoms with van der Waals surface area (Å²) in [7, 11) is 1.56. The Hall–Kier alpha value is -3.13. The molecule has 0 atom stereocenters. The standard InChI is InChI=1S/C21H23FN4O3/c1-21(28)9-11-26(12-10-21)20(27)25-19-23-17-15(13-3-5-14(22)6-4-13)7-8-16(29-2)18(17)24-19/h3-8,28H,9-12H2,1-2H3,(H2,23,24,25,27). The number of hydrogen-bond donors (Lipinski definition) is 3. The smallest absolute Gasteiger partial charge is 0.324 e. The van der Waals surface area contributed by atoms with Gasteiger partial charge in [0.25, 0.3) is 0 Å². The van der Waals surface area contributed by atoms with E-state index >= 15 is 0 Å². The van der Waals surface area contributed by atoms with E-state index < -0.39 is 5.60 Å². The maximum atomic E-state index is 13.3. The number of piperidine rings is 1. The van der Waals surface area contributed by atoms with Crippen LogP contribution in [0.4, 0.5) is 15.1 Å². The minimum absolute atomic E-state index is 0.276. The zero-order chi connectivity index (χ0) is 20.6. The zero-order valence-corrected chi connectivity index (χ0v) is 16.3. The van der Waals surface area contributed by atoms with Crippen LogP contribution in [0.1, 0.15) is 19.8 Å². The minimum atomic E-state index is -0.729. The molecule has 4 rings (SSSR count). The summed E-state index contributed by atoms with van der Waals surface area (Å²) in [5, 5.41) is 12.8. The number of halogens is 1. The Balaban J connectivity index is 1.63. The van der Waals surface area contributed by atoms with Crippen LogP contribution >= 0.6 is 0 Å². The second-order valence-corrected chi connectivity index (χ2v) is 7.55. The van der Waals surface area contributed by atoms with Crippen molar-refractivity contribution >= 4 is 23.0 Å². The Kier molecular flexibility index (Phi) is 4.87. The number of nitrogens with one attached hydrogen (secondary N) is 2. The summed E-state index contributed by atoms with van der Waals surface area (Å²) < 4.78 is 18.7. The van der Waals surface area contributed by atoms with Gasteiger partial charge < -0.3 is 19.7 Å². The van der Waals surface area contributed by atoms with Crippen LogP contribution in [0.3, 0.4) is 0 Å². The highest BCUT2D eigenvalue weighted by molar-refractivity contribution is 5.98. The van der Waals surface area contributed by atoms with Crippen molar-refractivity contribution in [3.05, 3.63) is 42.2 Å². The lowest BCUT2D eigenvalue weighted by Crippen LogP contribution is -2.46. The molecule has 1 aliphatic rings. The second kappa shape index (κ2) is 7.36. The molecule has 3 aromatic rings. The van der Waals surface area contributed by atoms with E-state index in [1.807, 2.05) is 6.07 Å². The third-order valence-corrected chi connectivity index (χ3v) is 5.33. The van der Waals surface area contributed by atoms with Crippen molar-refractivity contribution in [1.29, 1.82) is 0 Å². The number of anilines is 1. The van der Waals surface area contributed by atoms with Crippen molar-refractivity contribution in [3.8, 4) is 16.9 Å². The summed E-state index contributed by atoms with van der Waals surface area (Å²) in [5.41, 5.74) is 2.14. The fourth-order valence-electron chi connectivity index (χ4n) is 3.53. The van der Waals surface area contributed by atoms with Gasteiger partial charge in [-0.15, -0.1) is 0 Å². The van der Waals surface area contributed by atoms with E-state index in [0.717, 1.165) is 11.1 Å². The van der Waals surface area contributed by atoms with Crippen LogP contribution in [-0.4, -0.2) is 51.8 Å². The first-order chi connectivity index (χ1) is 13.9.